The first-order valence-electron chi connectivity index (χ1n) is 13.0. The number of piperazine rings is 1. The van der Waals surface area contributed by atoms with Gasteiger partial charge in [-0.3, -0.25) is 9.69 Å². The fourth-order valence-corrected chi connectivity index (χ4v) is 4.92. The number of halogens is 4. The van der Waals surface area contributed by atoms with E-state index in [0.29, 0.717) is 17.0 Å². The summed E-state index contributed by atoms with van der Waals surface area (Å²) in [5, 5.41) is 7.17. The lowest BCUT2D eigenvalue weighted by Gasteiger charge is -2.35. The molecule has 0 atom stereocenters. The van der Waals surface area contributed by atoms with Crippen LogP contribution in [0.5, 0.6) is 5.75 Å². The van der Waals surface area contributed by atoms with Crippen LogP contribution >= 0.6 is 11.6 Å². The summed E-state index contributed by atoms with van der Waals surface area (Å²) in [7, 11) is 1.43. The number of carbonyl (C=O) groups is 1. The molecule has 4 aromatic rings. The van der Waals surface area contributed by atoms with Crippen molar-refractivity contribution in [3.05, 3.63) is 93.4 Å². The number of ether oxygens (including phenoxy) is 1. The Hall–Kier alpha value is -4.29. The zero-order valence-electron chi connectivity index (χ0n) is 22.5. The fourth-order valence-electron chi connectivity index (χ4n) is 4.69. The molecule has 5 rings (SSSR count). The van der Waals surface area contributed by atoms with Crippen LogP contribution in [0.3, 0.4) is 0 Å². The van der Waals surface area contributed by atoms with E-state index in [-0.39, 0.29) is 35.5 Å². The number of aromatic nitrogens is 2. The lowest BCUT2D eigenvalue weighted by molar-refractivity contribution is -0.137. The van der Waals surface area contributed by atoms with Gasteiger partial charge in [0.05, 0.1) is 36.5 Å². The van der Waals surface area contributed by atoms with Crippen molar-refractivity contribution in [3.63, 3.8) is 0 Å². The van der Waals surface area contributed by atoms with Gasteiger partial charge in [-0.15, -0.1) is 5.10 Å². The van der Waals surface area contributed by atoms with E-state index in [9.17, 15) is 22.8 Å². The molecule has 0 spiro atoms. The van der Waals surface area contributed by atoms with Gasteiger partial charge < -0.3 is 19.4 Å². The third kappa shape index (κ3) is 6.77. The number of methoxy groups -OCH3 is 1. The minimum atomic E-state index is -4.49. The number of rotatable bonds is 8. The average Bonchev–Trinajstić information content (AvgIpc) is 3.34. The smallest absolute Gasteiger partial charge is 0.437 e. The number of amides is 1. The zero-order chi connectivity index (χ0) is 29.9. The molecule has 1 amide bonds. The summed E-state index contributed by atoms with van der Waals surface area (Å²) in [5.41, 5.74) is 1.37. The molecule has 1 fully saturated rings. The lowest BCUT2D eigenvalue weighted by Crippen LogP contribution is -2.48. The van der Waals surface area contributed by atoms with Crippen LogP contribution in [-0.2, 0) is 17.5 Å². The fraction of sp³-hybridized carbons (Fsp3) is 0.276. The van der Waals surface area contributed by atoms with E-state index >= 15 is 0 Å². The number of benzene rings is 3. The van der Waals surface area contributed by atoms with Crippen molar-refractivity contribution >= 4 is 28.9 Å². The minimum absolute atomic E-state index is 0.0915. The van der Waals surface area contributed by atoms with Crippen molar-refractivity contribution in [2.75, 3.05) is 50.1 Å². The van der Waals surface area contributed by atoms with Crippen LogP contribution < -0.4 is 20.7 Å². The summed E-state index contributed by atoms with van der Waals surface area (Å²) in [4.78, 5) is 29.6. The molecule has 3 aromatic carbocycles. The summed E-state index contributed by atoms with van der Waals surface area (Å²) in [5.74, 6) is -0.828. The van der Waals surface area contributed by atoms with Gasteiger partial charge in [-0.05, 0) is 42.5 Å². The highest BCUT2D eigenvalue weighted by atomic mass is 35.5. The number of hydrogen-bond acceptors (Lipinski definition) is 7. The highest BCUT2D eigenvalue weighted by Crippen LogP contribution is 2.32. The normalized spacial score (nSPS) is 14.2. The Morgan fingerprint density at radius 1 is 1.05 bits per heavy atom. The van der Waals surface area contributed by atoms with Crippen molar-refractivity contribution in [2.24, 2.45) is 0 Å². The molecule has 1 aromatic heterocycles. The molecule has 220 valence electrons. The third-order valence-electron chi connectivity index (χ3n) is 6.89. The highest BCUT2D eigenvalue weighted by Gasteiger charge is 2.30. The van der Waals surface area contributed by atoms with Gasteiger partial charge in [0.25, 0.3) is 0 Å². The summed E-state index contributed by atoms with van der Waals surface area (Å²) < 4.78 is 50.2. The first-order chi connectivity index (χ1) is 20.1. The average molecular weight is 602 g/mol. The van der Waals surface area contributed by atoms with Crippen LogP contribution in [0.1, 0.15) is 11.1 Å². The molecule has 0 unspecified atom stereocenters. The topological polar surface area (TPSA) is 92.8 Å². The number of carbonyl (C=O) groups excluding carboxylic acids is 1. The monoisotopic (exact) mass is 601 g/mol. The number of nitrogens with zero attached hydrogens (tertiary/aromatic N) is 4. The van der Waals surface area contributed by atoms with Crippen LogP contribution in [0.25, 0.3) is 11.5 Å². The third-order valence-corrected chi connectivity index (χ3v) is 7.20. The molecular formula is C29H27ClF3N5O4. The molecule has 13 heteroatoms. The van der Waals surface area contributed by atoms with Crippen LogP contribution in [0, 0.1) is 0 Å². The standard InChI is InChI=1S/C29H27ClF3N5O4/c1-41-25-16-24(34-26(39)18-36-11-13-37(14-12-36)22-5-3-2-4-6-22)23(30)15-20(25)17-38-28(40)42-27(35-38)19-7-9-21(10-8-19)29(31,32)33/h2-10,15-16H,11-14,17-18H2,1H3,(H,34,39). The molecule has 9 nitrogen and oxygen atoms in total. The van der Waals surface area contributed by atoms with Crippen LogP contribution in [0.2, 0.25) is 5.02 Å². The van der Waals surface area contributed by atoms with Crippen LogP contribution in [0.15, 0.2) is 75.9 Å². The van der Waals surface area contributed by atoms with Gasteiger partial charge >= 0.3 is 11.9 Å². The predicted octanol–water partition coefficient (Wildman–Crippen LogP) is 4.99. The molecule has 1 saturated heterocycles. The zero-order valence-corrected chi connectivity index (χ0v) is 23.3. The summed E-state index contributed by atoms with van der Waals surface area (Å²) in [6, 6.07) is 17.4. The molecule has 1 N–H and O–H groups in total. The van der Waals surface area contributed by atoms with Crippen molar-refractivity contribution in [1.82, 2.24) is 14.7 Å². The van der Waals surface area contributed by atoms with E-state index < -0.39 is 17.5 Å². The molecular weight excluding hydrogens is 575 g/mol. The van der Waals surface area contributed by atoms with E-state index in [4.69, 9.17) is 20.8 Å². The molecule has 0 radical (unpaired) electrons. The molecule has 2 heterocycles. The number of alkyl halides is 3. The van der Waals surface area contributed by atoms with Crippen molar-refractivity contribution in [3.8, 4) is 17.2 Å². The highest BCUT2D eigenvalue weighted by molar-refractivity contribution is 6.33. The van der Waals surface area contributed by atoms with Gasteiger partial charge in [0.2, 0.25) is 11.8 Å². The first kappa shape index (κ1) is 29.2. The first-order valence-corrected chi connectivity index (χ1v) is 13.4. The Bertz CT molecular complexity index is 1600. The SMILES string of the molecule is COc1cc(NC(=O)CN2CCN(c3ccccc3)CC2)c(Cl)cc1Cn1nc(-c2ccc(C(F)(F)F)cc2)oc1=O. The number of para-hydroxylation sites is 1. The van der Waals surface area contributed by atoms with Crippen LogP contribution in [-0.4, -0.2) is 60.4 Å². The van der Waals surface area contributed by atoms with Crippen molar-refractivity contribution in [1.29, 1.82) is 0 Å². The van der Waals surface area contributed by atoms with Gasteiger partial charge in [0.1, 0.15) is 5.75 Å². The maximum absolute atomic E-state index is 12.9. The lowest BCUT2D eigenvalue weighted by atomic mass is 10.1. The maximum atomic E-state index is 12.9. The van der Waals surface area contributed by atoms with E-state index in [1.807, 2.05) is 18.2 Å². The van der Waals surface area contributed by atoms with Gasteiger partial charge in [-0.25, -0.2) is 4.79 Å². The van der Waals surface area contributed by atoms with E-state index in [1.54, 1.807) is 12.1 Å². The van der Waals surface area contributed by atoms with Gasteiger partial charge in [-0.2, -0.15) is 17.9 Å². The Balaban J connectivity index is 1.23. The molecule has 1 aliphatic heterocycles. The molecule has 0 saturated carbocycles. The molecule has 0 bridgehead atoms. The van der Waals surface area contributed by atoms with E-state index in [0.717, 1.165) is 48.7 Å². The number of nitrogens with one attached hydrogen (secondary N) is 1. The minimum Gasteiger partial charge on any atom is -0.496 e. The second-order valence-electron chi connectivity index (χ2n) is 9.70. The molecule has 42 heavy (non-hydrogen) atoms. The second kappa shape index (κ2) is 12.3. The van der Waals surface area contributed by atoms with Crippen LogP contribution in [0.4, 0.5) is 24.5 Å². The van der Waals surface area contributed by atoms with Crippen molar-refractivity contribution < 1.29 is 27.1 Å². The summed E-state index contributed by atoms with van der Waals surface area (Å²) >= 11 is 6.48. The van der Waals surface area contributed by atoms with E-state index in [2.05, 4.69) is 32.3 Å². The largest absolute Gasteiger partial charge is 0.496 e. The van der Waals surface area contributed by atoms with Gasteiger partial charge in [0.15, 0.2) is 0 Å². The Morgan fingerprint density at radius 3 is 2.38 bits per heavy atom. The predicted molar refractivity (Wildman–Crippen MR) is 152 cm³/mol. The van der Waals surface area contributed by atoms with Crippen molar-refractivity contribution in [2.45, 2.75) is 12.7 Å². The Kier molecular flexibility index (Phi) is 8.55. The van der Waals surface area contributed by atoms with Gasteiger partial charge in [-0.1, -0.05) is 29.8 Å². The Morgan fingerprint density at radius 2 is 1.74 bits per heavy atom. The maximum Gasteiger partial charge on any atom is 0.437 e. The Labute approximate surface area is 244 Å². The summed E-state index contributed by atoms with van der Waals surface area (Å²) in [6.45, 7) is 3.19. The quantitative estimate of drug-likeness (QED) is 0.304. The second-order valence-corrected chi connectivity index (χ2v) is 10.1. The number of hydrogen-bond donors (Lipinski definition) is 1. The summed E-state index contributed by atoms with van der Waals surface area (Å²) in [6.07, 6.45) is -4.49. The van der Waals surface area contributed by atoms with Gasteiger partial charge in [0, 0.05) is 49.1 Å². The molecule has 1 aliphatic rings. The van der Waals surface area contributed by atoms with E-state index in [1.165, 1.54) is 19.2 Å². The molecule has 0 aliphatic carbocycles. The number of anilines is 2.